The summed E-state index contributed by atoms with van der Waals surface area (Å²) in [4.78, 5) is 17.1. The Balaban J connectivity index is 2.90. The topological polar surface area (TPSA) is 65.5 Å². The van der Waals surface area contributed by atoms with Crippen LogP contribution >= 0.6 is 11.6 Å². The Morgan fingerprint density at radius 1 is 1.50 bits per heavy atom. The molecule has 100 valence electrons. The zero-order chi connectivity index (χ0) is 13.9. The maximum atomic E-state index is 11.1. The van der Waals surface area contributed by atoms with Crippen molar-refractivity contribution in [1.82, 2.24) is 9.88 Å². The summed E-state index contributed by atoms with van der Waals surface area (Å²) in [5.74, 6) is -0.728. The fourth-order valence-corrected chi connectivity index (χ4v) is 1.35. The summed E-state index contributed by atoms with van der Waals surface area (Å²) < 4.78 is 0. The number of nitrogens with one attached hydrogen (secondary N) is 1. The quantitative estimate of drug-likeness (QED) is 0.804. The predicted octanol–water partition coefficient (Wildman–Crippen LogP) is 2.19. The largest absolute Gasteiger partial charge is 0.478 e. The van der Waals surface area contributed by atoms with E-state index in [0.29, 0.717) is 12.4 Å². The molecule has 0 aromatic carbocycles. The number of aromatic nitrogens is 1. The maximum Gasteiger partial charge on any atom is 0.339 e. The van der Waals surface area contributed by atoms with Gasteiger partial charge in [-0.25, -0.2) is 9.78 Å². The average Bonchev–Trinajstić information content (AvgIpc) is 2.26. The minimum atomic E-state index is -1.02. The molecule has 2 N–H and O–H groups in total. The third-order valence-corrected chi connectivity index (χ3v) is 3.20. The minimum Gasteiger partial charge on any atom is -0.478 e. The molecule has 1 rings (SSSR count). The first-order valence-corrected chi connectivity index (χ1v) is 5.93. The lowest BCUT2D eigenvalue weighted by Crippen LogP contribution is -2.44. The highest BCUT2D eigenvalue weighted by molar-refractivity contribution is 6.29. The second kappa shape index (κ2) is 5.54. The Kier molecular flexibility index (Phi) is 4.53. The number of aromatic carboxylic acids is 1. The fraction of sp³-hybridized carbons (Fsp3) is 0.500. The highest BCUT2D eigenvalue weighted by Gasteiger charge is 2.21. The molecule has 0 saturated carbocycles. The Morgan fingerprint density at radius 2 is 2.11 bits per heavy atom. The van der Waals surface area contributed by atoms with Crippen LogP contribution in [0, 0.1) is 0 Å². The zero-order valence-corrected chi connectivity index (χ0v) is 11.7. The molecule has 0 atom stereocenters. The van der Waals surface area contributed by atoms with Crippen LogP contribution in [0.2, 0.25) is 5.15 Å². The number of carboxylic acids is 1. The van der Waals surface area contributed by atoms with Crippen molar-refractivity contribution in [3.63, 3.8) is 0 Å². The summed E-state index contributed by atoms with van der Waals surface area (Å²) in [7, 11) is 3.93. The summed E-state index contributed by atoms with van der Waals surface area (Å²) in [6, 6.07) is 2.91. The van der Waals surface area contributed by atoms with Gasteiger partial charge in [0.05, 0.1) is 0 Å². The van der Waals surface area contributed by atoms with Crippen LogP contribution in [0.4, 0.5) is 5.82 Å². The molecule has 0 unspecified atom stereocenters. The van der Waals surface area contributed by atoms with E-state index in [-0.39, 0.29) is 16.3 Å². The van der Waals surface area contributed by atoms with Gasteiger partial charge in [0.1, 0.15) is 16.5 Å². The van der Waals surface area contributed by atoms with Crippen molar-refractivity contribution in [1.29, 1.82) is 0 Å². The van der Waals surface area contributed by atoms with Crippen LogP contribution in [-0.4, -0.2) is 47.1 Å². The lowest BCUT2D eigenvalue weighted by molar-refractivity contribution is 0.0697. The number of rotatable bonds is 5. The molecule has 0 saturated heterocycles. The molecule has 0 aliphatic rings. The van der Waals surface area contributed by atoms with E-state index >= 15 is 0 Å². The van der Waals surface area contributed by atoms with Crippen LogP contribution in [0.5, 0.6) is 0 Å². The number of hydrogen-bond donors (Lipinski definition) is 2. The first kappa shape index (κ1) is 14.7. The lowest BCUT2D eigenvalue weighted by atomic mass is 10.0. The van der Waals surface area contributed by atoms with Crippen molar-refractivity contribution in [3.05, 3.63) is 22.8 Å². The molecule has 0 radical (unpaired) electrons. The Bertz CT molecular complexity index is 447. The van der Waals surface area contributed by atoms with E-state index in [2.05, 4.69) is 10.3 Å². The zero-order valence-electron chi connectivity index (χ0n) is 11.0. The van der Waals surface area contributed by atoms with Gasteiger partial charge >= 0.3 is 5.97 Å². The smallest absolute Gasteiger partial charge is 0.339 e. The van der Waals surface area contributed by atoms with Gasteiger partial charge in [0, 0.05) is 12.1 Å². The molecular formula is C12H18ClN3O2. The summed E-state index contributed by atoms with van der Waals surface area (Å²) in [5, 5.41) is 12.4. The molecule has 0 spiro atoms. The first-order valence-electron chi connectivity index (χ1n) is 5.55. The average molecular weight is 272 g/mol. The standard InChI is InChI=1S/C12H18ClN3O2/c1-12(2,16(3)4)7-14-10-8(11(17)18)5-6-9(13)15-10/h5-6H,7H2,1-4H3,(H,14,15)(H,17,18). The molecule has 0 bridgehead atoms. The van der Waals surface area contributed by atoms with Gasteiger partial charge in [-0.1, -0.05) is 11.6 Å². The molecule has 18 heavy (non-hydrogen) atoms. The van der Waals surface area contributed by atoms with Crippen molar-refractivity contribution in [2.24, 2.45) is 0 Å². The van der Waals surface area contributed by atoms with Gasteiger partial charge in [-0.05, 0) is 40.1 Å². The number of carbonyl (C=O) groups is 1. The molecule has 1 aromatic heterocycles. The number of likely N-dealkylation sites (N-methyl/N-ethyl adjacent to an activating group) is 1. The van der Waals surface area contributed by atoms with Gasteiger partial charge in [0.15, 0.2) is 0 Å². The van der Waals surface area contributed by atoms with Crippen LogP contribution in [0.25, 0.3) is 0 Å². The molecule has 1 aromatic rings. The highest BCUT2D eigenvalue weighted by Crippen LogP contribution is 2.18. The van der Waals surface area contributed by atoms with Crippen molar-refractivity contribution in [2.75, 3.05) is 26.0 Å². The summed E-state index contributed by atoms with van der Waals surface area (Å²) in [5.41, 5.74) is -0.00582. The first-order chi connectivity index (χ1) is 8.24. The van der Waals surface area contributed by atoms with E-state index in [1.807, 2.05) is 32.8 Å². The van der Waals surface area contributed by atoms with Crippen molar-refractivity contribution < 1.29 is 9.90 Å². The number of nitrogens with zero attached hydrogens (tertiary/aromatic N) is 2. The van der Waals surface area contributed by atoms with Gasteiger partial charge in [-0.2, -0.15) is 0 Å². The third-order valence-electron chi connectivity index (χ3n) is 2.99. The van der Waals surface area contributed by atoms with E-state index in [1.165, 1.54) is 12.1 Å². The van der Waals surface area contributed by atoms with Gasteiger partial charge in [-0.15, -0.1) is 0 Å². The summed E-state index contributed by atoms with van der Waals surface area (Å²) in [6.45, 7) is 4.66. The van der Waals surface area contributed by atoms with Crippen molar-refractivity contribution in [2.45, 2.75) is 19.4 Å². The molecule has 0 amide bonds. The Morgan fingerprint density at radius 3 is 2.61 bits per heavy atom. The number of hydrogen-bond acceptors (Lipinski definition) is 4. The van der Waals surface area contributed by atoms with Gasteiger partial charge in [0.25, 0.3) is 0 Å². The number of anilines is 1. The molecule has 0 fully saturated rings. The molecular weight excluding hydrogens is 254 g/mol. The van der Waals surface area contributed by atoms with E-state index < -0.39 is 5.97 Å². The van der Waals surface area contributed by atoms with Crippen LogP contribution in [0.3, 0.4) is 0 Å². The number of halogens is 1. The summed E-state index contributed by atoms with van der Waals surface area (Å²) >= 11 is 5.78. The fourth-order valence-electron chi connectivity index (χ4n) is 1.20. The van der Waals surface area contributed by atoms with Gasteiger partial charge in [-0.3, -0.25) is 0 Å². The van der Waals surface area contributed by atoms with Gasteiger partial charge < -0.3 is 15.3 Å². The Hall–Kier alpha value is -1.33. The third kappa shape index (κ3) is 3.58. The van der Waals surface area contributed by atoms with E-state index in [4.69, 9.17) is 16.7 Å². The summed E-state index contributed by atoms with van der Waals surface area (Å²) in [6.07, 6.45) is 0. The van der Waals surface area contributed by atoms with Crippen LogP contribution in [0.15, 0.2) is 12.1 Å². The van der Waals surface area contributed by atoms with Crippen LogP contribution in [0.1, 0.15) is 24.2 Å². The van der Waals surface area contributed by atoms with Crippen molar-refractivity contribution >= 4 is 23.4 Å². The minimum absolute atomic E-state index is 0.119. The van der Waals surface area contributed by atoms with Gasteiger partial charge in [0.2, 0.25) is 0 Å². The van der Waals surface area contributed by atoms with Crippen LogP contribution in [-0.2, 0) is 0 Å². The second-order valence-electron chi connectivity index (χ2n) is 4.90. The molecule has 6 heteroatoms. The Labute approximate surface area is 112 Å². The lowest BCUT2D eigenvalue weighted by Gasteiger charge is -2.33. The number of carboxylic acid groups (broad SMARTS) is 1. The molecule has 5 nitrogen and oxygen atoms in total. The van der Waals surface area contributed by atoms with Crippen LogP contribution < -0.4 is 5.32 Å². The van der Waals surface area contributed by atoms with E-state index in [0.717, 1.165) is 0 Å². The predicted molar refractivity (Wildman–Crippen MR) is 72.5 cm³/mol. The highest BCUT2D eigenvalue weighted by atomic mass is 35.5. The monoisotopic (exact) mass is 271 g/mol. The maximum absolute atomic E-state index is 11.1. The SMILES string of the molecule is CN(C)C(C)(C)CNc1nc(Cl)ccc1C(=O)O. The molecule has 0 aliphatic heterocycles. The normalized spacial score (nSPS) is 11.7. The molecule has 0 aliphatic carbocycles. The van der Waals surface area contributed by atoms with E-state index in [9.17, 15) is 4.79 Å². The van der Waals surface area contributed by atoms with Crippen molar-refractivity contribution in [3.8, 4) is 0 Å². The number of pyridine rings is 1. The molecule has 1 heterocycles. The van der Waals surface area contributed by atoms with E-state index in [1.54, 1.807) is 0 Å². The second-order valence-corrected chi connectivity index (χ2v) is 5.28.